The van der Waals surface area contributed by atoms with Gasteiger partial charge < -0.3 is 15.4 Å². The van der Waals surface area contributed by atoms with Crippen LogP contribution in [0.5, 0.6) is 5.88 Å². The maximum absolute atomic E-state index is 6.01. The molecule has 94 valence electrons. The molecule has 0 saturated heterocycles. The monoisotopic (exact) mass is 236 g/mol. The molecule has 0 spiro atoms. The molecule has 0 amide bonds. The first-order chi connectivity index (χ1) is 8.18. The van der Waals surface area contributed by atoms with Crippen molar-refractivity contribution in [3.63, 3.8) is 0 Å². The van der Waals surface area contributed by atoms with Gasteiger partial charge in [0, 0.05) is 14.1 Å². The van der Waals surface area contributed by atoms with Gasteiger partial charge in [-0.2, -0.15) is 4.98 Å². The standard InChI is InChI=1S/C12H20N4O/c1-16(2)11-10(13)12(15-8-14-11)17-9-6-4-3-5-7-9/h8-9H,3-7,13H2,1-2H3. The molecule has 1 aliphatic rings. The van der Waals surface area contributed by atoms with Crippen molar-refractivity contribution >= 4 is 11.5 Å². The SMILES string of the molecule is CN(C)c1ncnc(OC2CCCCC2)c1N. The van der Waals surface area contributed by atoms with E-state index in [1.807, 2.05) is 19.0 Å². The van der Waals surface area contributed by atoms with Crippen LogP contribution in [0.15, 0.2) is 6.33 Å². The fourth-order valence-electron chi connectivity index (χ4n) is 2.16. The second-order valence-corrected chi connectivity index (χ2v) is 4.69. The minimum Gasteiger partial charge on any atom is -0.473 e. The minimum atomic E-state index is 0.260. The molecule has 17 heavy (non-hydrogen) atoms. The van der Waals surface area contributed by atoms with E-state index in [1.165, 1.54) is 25.6 Å². The molecule has 0 aromatic carbocycles. The Balaban J connectivity index is 2.12. The van der Waals surface area contributed by atoms with Crippen LogP contribution >= 0.6 is 0 Å². The van der Waals surface area contributed by atoms with Crippen LogP contribution in [0, 0.1) is 0 Å². The molecule has 0 bridgehead atoms. The van der Waals surface area contributed by atoms with E-state index in [-0.39, 0.29) is 6.10 Å². The zero-order valence-corrected chi connectivity index (χ0v) is 10.5. The van der Waals surface area contributed by atoms with Crippen molar-refractivity contribution in [2.24, 2.45) is 0 Å². The molecule has 1 saturated carbocycles. The number of ether oxygens (including phenoxy) is 1. The summed E-state index contributed by atoms with van der Waals surface area (Å²) in [7, 11) is 3.81. The lowest BCUT2D eigenvalue weighted by Gasteiger charge is -2.23. The molecule has 0 unspecified atom stereocenters. The van der Waals surface area contributed by atoms with Gasteiger partial charge in [0.05, 0.1) is 0 Å². The summed E-state index contributed by atoms with van der Waals surface area (Å²) in [6.07, 6.45) is 7.73. The first-order valence-electron chi connectivity index (χ1n) is 6.13. The summed E-state index contributed by atoms with van der Waals surface area (Å²) in [5.41, 5.74) is 6.54. The molecule has 5 nitrogen and oxygen atoms in total. The summed E-state index contributed by atoms with van der Waals surface area (Å²) in [6, 6.07) is 0. The number of rotatable bonds is 3. The highest BCUT2D eigenvalue weighted by Crippen LogP contribution is 2.29. The lowest BCUT2D eigenvalue weighted by Crippen LogP contribution is -2.22. The van der Waals surface area contributed by atoms with Gasteiger partial charge in [-0.1, -0.05) is 6.42 Å². The van der Waals surface area contributed by atoms with Crippen LogP contribution in [-0.2, 0) is 0 Å². The topological polar surface area (TPSA) is 64.3 Å². The van der Waals surface area contributed by atoms with Crippen molar-refractivity contribution < 1.29 is 4.74 Å². The van der Waals surface area contributed by atoms with Gasteiger partial charge in [-0.15, -0.1) is 0 Å². The third kappa shape index (κ3) is 2.78. The van der Waals surface area contributed by atoms with Gasteiger partial charge in [0.15, 0.2) is 5.82 Å². The molecule has 0 atom stereocenters. The average Bonchev–Trinajstić information content (AvgIpc) is 2.33. The van der Waals surface area contributed by atoms with Crippen molar-refractivity contribution in [3.8, 4) is 5.88 Å². The summed E-state index contributed by atoms with van der Waals surface area (Å²) in [5.74, 6) is 1.24. The fraction of sp³-hybridized carbons (Fsp3) is 0.667. The van der Waals surface area contributed by atoms with E-state index in [0.717, 1.165) is 12.8 Å². The predicted octanol–water partition coefficient (Wildman–Crippen LogP) is 1.84. The van der Waals surface area contributed by atoms with Crippen LogP contribution in [0.2, 0.25) is 0 Å². The van der Waals surface area contributed by atoms with E-state index >= 15 is 0 Å². The Morgan fingerprint density at radius 1 is 1.24 bits per heavy atom. The van der Waals surface area contributed by atoms with Crippen LogP contribution in [-0.4, -0.2) is 30.2 Å². The third-order valence-corrected chi connectivity index (χ3v) is 3.08. The number of nitrogen functional groups attached to an aromatic ring is 1. The molecule has 1 heterocycles. The summed E-state index contributed by atoms with van der Waals surface area (Å²) in [4.78, 5) is 10.1. The molecule has 5 heteroatoms. The van der Waals surface area contributed by atoms with Gasteiger partial charge >= 0.3 is 0 Å². The molecule has 1 fully saturated rings. The highest BCUT2D eigenvalue weighted by molar-refractivity contribution is 5.67. The zero-order chi connectivity index (χ0) is 12.3. The maximum Gasteiger partial charge on any atom is 0.242 e. The molecule has 1 aromatic rings. The quantitative estimate of drug-likeness (QED) is 0.867. The molecular formula is C12H20N4O. The normalized spacial score (nSPS) is 16.8. The van der Waals surface area contributed by atoms with E-state index in [4.69, 9.17) is 10.5 Å². The summed E-state index contributed by atoms with van der Waals surface area (Å²) >= 11 is 0. The average molecular weight is 236 g/mol. The highest BCUT2D eigenvalue weighted by Gasteiger charge is 2.18. The molecule has 1 aliphatic carbocycles. The first-order valence-corrected chi connectivity index (χ1v) is 6.13. The van der Waals surface area contributed by atoms with Crippen molar-refractivity contribution in [1.29, 1.82) is 0 Å². The van der Waals surface area contributed by atoms with Crippen LogP contribution in [0.1, 0.15) is 32.1 Å². The predicted molar refractivity (Wildman–Crippen MR) is 68.3 cm³/mol. The molecule has 2 N–H and O–H groups in total. The lowest BCUT2D eigenvalue weighted by atomic mass is 9.98. The number of hydrogen-bond donors (Lipinski definition) is 1. The van der Waals surface area contributed by atoms with E-state index < -0.39 is 0 Å². The Kier molecular flexibility index (Phi) is 3.66. The van der Waals surface area contributed by atoms with Crippen LogP contribution in [0.4, 0.5) is 11.5 Å². The number of nitrogens with two attached hydrogens (primary N) is 1. The second-order valence-electron chi connectivity index (χ2n) is 4.69. The molecule has 2 rings (SSSR count). The van der Waals surface area contributed by atoms with Gasteiger partial charge in [0.1, 0.15) is 18.1 Å². The summed E-state index contributed by atoms with van der Waals surface area (Å²) in [5, 5.41) is 0. The summed E-state index contributed by atoms with van der Waals surface area (Å²) in [6.45, 7) is 0. The Labute approximate surface area is 102 Å². The maximum atomic E-state index is 6.01. The van der Waals surface area contributed by atoms with Gasteiger partial charge in [0.25, 0.3) is 0 Å². The van der Waals surface area contributed by atoms with Crippen molar-refractivity contribution in [3.05, 3.63) is 6.33 Å². The van der Waals surface area contributed by atoms with E-state index in [0.29, 0.717) is 17.4 Å². The van der Waals surface area contributed by atoms with Gasteiger partial charge in [-0.05, 0) is 25.7 Å². The second kappa shape index (κ2) is 5.21. The first kappa shape index (κ1) is 12.0. The fourth-order valence-corrected chi connectivity index (χ4v) is 2.16. The minimum absolute atomic E-state index is 0.260. The molecule has 0 aliphatic heterocycles. The number of hydrogen-bond acceptors (Lipinski definition) is 5. The third-order valence-electron chi connectivity index (χ3n) is 3.08. The van der Waals surface area contributed by atoms with E-state index in [1.54, 1.807) is 0 Å². The van der Waals surface area contributed by atoms with E-state index in [2.05, 4.69) is 9.97 Å². The number of anilines is 2. The summed E-state index contributed by atoms with van der Waals surface area (Å²) < 4.78 is 5.87. The van der Waals surface area contributed by atoms with Crippen LogP contribution in [0.3, 0.4) is 0 Å². The zero-order valence-electron chi connectivity index (χ0n) is 10.5. The Bertz CT molecular complexity index is 375. The van der Waals surface area contributed by atoms with Gasteiger partial charge in [-0.3, -0.25) is 0 Å². The van der Waals surface area contributed by atoms with Crippen molar-refractivity contribution in [2.75, 3.05) is 24.7 Å². The van der Waals surface area contributed by atoms with Crippen molar-refractivity contribution in [2.45, 2.75) is 38.2 Å². The Morgan fingerprint density at radius 2 is 1.94 bits per heavy atom. The highest BCUT2D eigenvalue weighted by atomic mass is 16.5. The molecule has 0 radical (unpaired) electrons. The Hall–Kier alpha value is -1.52. The Morgan fingerprint density at radius 3 is 2.59 bits per heavy atom. The molecule has 1 aromatic heterocycles. The number of nitrogens with zero attached hydrogens (tertiary/aromatic N) is 3. The van der Waals surface area contributed by atoms with Crippen molar-refractivity contribution in [1.82, 2.24) is 9.97 Å². The number of aromatic nitrogens is 2. The van der Waals surface area contributed by atoms with E-state index in [9.17, 15) is 0 Å². The van der Waals surface area contributed by atoms with Gasteiger partial charge in [0.2, 0.25) is 5.88 Å². The van der Waals surface area contributed by atoms with Gasteiger partial charge in [-0.25, -0.2) is 4.98 Å². The smallest absolute Gasteiger partial charge is 0.242 e. The van der Waals surface area contributed by atoms with Crippen LogP contribution < -0.4 is 15.4 Å². The van der Waals surface area contributed by atoms with Crippen LogP contribution in [0.25, 0.3) is 0 Å². The lowest BCUT2D eigenvalue weighted by molar-refractivity contribution is 0.149. The largest absolute Gasteiger partial charge is 0.473 e. The molecular weight excluding hydrogens is 216 g/mol.